The summed E-state index contributed by atoms with van der Waals surface area (Å²) in [4.78, 5) is 15.1. The third-order valence-corrected chi connectivity index (χ3v) is 5.28. The van der Waals surface area contributed by atoms with Crippen molar-refractivity contribution in [1.82, 2.24) is 10.2 Å². The summed E-state index contributed by atoms with van der Waals surface area (Å²) >= 11 is 6.46. The highest BCUT2D eigenvalue weighted by molar-refractivity contribution is 6.31. The van der Waals surface area contributed by atoms with E-state index in [1.807, 2.05) is 31.2 Å². The summed E-state index contributed by atoms with van der Waals surface area (Å²) in [7, 11) is 1.56. The van der Waals surface area contributed by atoms with E-state index in [-0.39, 0.29) is 11.9 Å². The van der Waals surface area contributed by atoms with Crippen molar-refractivity contribution in [3.8, 4) is 11.5 Å². The van der Waals surface area contributed by atoms with Crippen molar-refractivity contribution in [3.05, 3.63) is 58.6 Å². The van der Waals surface area contributed by atoms with Gasteiger partial charge in [0.15, 0.2) is 11.5 Å². The zero-order chi connectivity index (χ0) is 20.6. The fourth-order valence-corrected chi connectivity index (χ4v) is 3.71. The van der Waals surface area contributed by atoms with Gasteiger partial charge in [-0.15, -0.1) is 0 Å². The normalized spacial score (nSPS) is 15.6. The number of carbonyl (C=O) groups excluding carboxylic acids is 1. The maximum atomic E-state index is 12.8. The summed E-state index contributed by atoms with van der Waals surface area (Å²) in [5.41, 5.74) is 1.52. The van der Waals surface area contributed by atoms with E-state index >= 15 is 0 Å². The van der Waals surface area contributed by atoms with Crippen LogP contribution in [0.2, 0.25) is 5.02 Å². The molecule has 2 aromatic rings. The first-order valence-corrected chi connectivity index (χ1v) is 10.2. The molecule has 29 heavy (non-hydrogen) atoms. The number of halogens is 1. The van der Waals surface area contributed by atoms with Crippen LogP contribution in [0.4, 0.5) is 0 Å². The lowest BCUT2D eigenvalue weighted by atomic mass is 10.0. The van der Waals surface area contributed by atoms with Crippen molar-refractivity contribution in [2.75, 3.05) is 46.6 Å². The molecule has 2 aromatic carbocycles. The number of methoxy groups -OCH3 is 1. The summed E-state index contributed by atoms with van der Waals surface area (Å²) in [5, 5.41) is 3.74. The van der Waals surface area contributed by atoms with Gasteiger partial charge in [0.1, 0.15) is 0 Å². The van der Waals surface area contributed by atoms with Crippen LogP contribution in [0.5, 0.6) is 11.5 Å². The van der Waals surface area contributed by atoms with Gasteiger partial charge in [0.05, 0.1) is 33.0 Å². The topological polar surface area (TPSA) is 60.0 Å². The summed E-state index contributed by atoms with van der Waals surface area (Å²) in [6.07, 6.45) is 0. The van der Waals surface area contributed by atoms with Crippen molar-refractivity contribution in [1.29, 1.82) is 0 Å². The fourth-order valence-electron chi connectivity index (χ4n) is 3.45. The number of rotatable bonds is 8. The lowest BCUT2D eigenvalue weighted by Gasteiger charge is -2.35. The SMILES string of the molecule is CCOc1ccc(C(=O)NCC(c2ccccc2Cl)N2CCOCC2)cc1OC. The van der Waals surface area contributed by atoms with Gasteiger partial charge in [0, 0.05) is 30.2 Å². The van der Waals surface area contributed by atoms with Crippen molar-refractivity contribution >= 4 is 17.5 Å². The molecular formula is C22H27ClN2O4. The quantitative estimate of drug-likeness (QED) is 0.710. The second-order valence-electron chi connectivity index (χ2n) is 6.69. The molecule has 0 aromatic heterocycles. The molecule has 1 unspecified atom stereocenters. The Bertz CT molecular complexity index is 824. The average Bonchev–Trinajstić information content (AvgIpc) is 2.76. The summed E-state index contributed by atoms with van der Waals surface area (Å²) in [6, 6.07) is 12.9. The first-order valence-electron chi connectivity index (χ1n) is 9.79. The maximum Gasteiger partial charge on any atom is 0.251 e. The highest BCUT2D eigenvalue weighted by atomic mass is 35.5. The number of morpholine rings is 1. The molecule has 1 saturated heterocycles. The predicted octanol–water partition coefficient (Wildman–Crippen LogP) is 3.55. The van der Waals surface area contributed by atoms with Crippen LogP contribution in [0.25, 0.3) is 0 Å². The predicted molar refractivity (Wildman–Crippen MR) is 113 cm³/mol. The van der Waals surface area contributed by atoms with Gasteiger partial charge in [-0.1, -0.05) is 29.8 Å². The van der Waals surface area contributed by atoms with E-state index < -0.39 is 0 Å². The number of hydrogen-bond acceptors (Lipinski definition) is 5. The van der Waals surface area contributed by atoms with Crippen molar-refractivity contribution in [2.24, 2.45) is 0 Å². The van der Waals surface area contributed by atoms with Crippen molar-refractivity contribution < 1.29 is 19.0 Å². The number of nitrogens with one attached hydrogen (secondary N) is 1. The smallest absolute Gasteiger partial charge is 0.251 e. The average molecular weight is 419 g/mol. The molecular weight excluding hydrogens is 392 g/mol. The molecule has 1 aliphatic heterocycles. The first-order chi connectivity index (χ1) is 14.1. The number of ether oxygens (including phenoxy) is 3. The molecule has 156 valence electrons. The van der Waals surface area contributed by atoms with E-state index in [0.717, 1.165) is 18.7 Å². The number of nitrogens with zero attached hydrogens (tertiary/aromatic N) is 1. The summed E-state index contributed by atoms with van der Waals surface area (Å²) in [6.45, 7) is 5.81. The van der Waals surface area contributed by atoms with Gasteiger partial charge in [0.25, 0.3) is 5.91 Å². The van der Waals surface area contributed by atoms with Crippen LogP contribution in [-0.4, -0.2) is 57.4 Å². The minimum atomic E-state index is -0.170. The minimum Gasteiger partial charge on any atom is -0.493 e. The summed E-state index contributed by atoms with van der Waals surface area (Å²) in [5.74, 6) is 0.987. The molecule has 7 heteroatoms. The van der Waals surface area contributed by atoms with Crippen LogP contribution >= 0.6 is 11.6 Å². The van der Waals surface area contributed by atoms with Gasteiger partial charge in [-0.05, 0) is 36.8 Å². The Morgan fingerprint density at radius 2 is 1.97 bits per heavy atom. The van der Waals surface area contributed by atoms with Crippen molar-refractivity contribution in [3.63, 3.8) is 0 Å². The van der Waals surface area contributed by atoms with Crippen LogP contribution < -0.4 is 14.8 Å². The maximum absolute atomic E-state index is 12.8. The molecule has 6 nitrogen and oxygen atoms in total. The van der Waals surface area contributed by atoms with E-state index in [9.17, 15) is 4.79 Å². The van der Waals surface area contributed by atoms with Gasteiger partial charge >= 0.3 is 0 Å². The Morgan fingerprint density at radius 1 is 1.21 bits per heavy atom. The third-order valence-electron chi connectivity index (χ3n) is 4.93. The monoisotopic (exact) mass is 418 g/mol. The first kappa shape index (κ1) is 21.4. The molecule has 0 saturated carbocycles. The molecule has 1 aliphatic rings. The van der Waals surface area contributed by atoms with E-state index in [0.29, 0.717) is 48.5 Å². The molecule has 1 atom stereocenters. The van der Waals surface area contributed by atoms with Gasteiger partial charge in [0.2, 0.25) is 0 Å². The molecule has 1 heterocycles. The second-order valence-corrected chi connectivity index (χ2v) is 7.10. The molecule has 0 radical (unpaired) electrons. The standard InChI is InChI=1S/C22H27ClN2O4/c1-3-29-20-9-8-16(14-21(20)27-2)22(26)24-15-19(25-10-12-28-13-11-25)17-6-4-5-7-18(17)23/h4-9,14,19H,3,10-13,15H2,1-2H3,(H,24,26). The number of amides is 1. The van der Waals surface area contributed by atoms with E-state index in [2.05, 4.69) is 10.2 Å². The van der Waals surface area contributed by atoms with Crippen LogP contribution in [0, 0.1) is 0 Å². The van der Waals surface area contributed by atoms with Crippen LogP contribution in [-0.2, 0) is 4.74 Å². The highest BCUT2D eigenvalue weighted by Crippen LogP contribution is 2.29. The lowest BCUT2D eigenvalue weighted by Crippen LogP contribution is -2.44. The van der Waals surface area contributed by atoms with E-state index in [1.165, 1.54) is 0 Å². The molecule has 0 aliphatic carbocycles. The van der Waals surface area contributed by atoms with Gasteiger partial charge in [-0.25, -0.2) is 0 Å². The van der Waals surface area contributed by atoms with Crippen molar-refractivity contribution in [2.45, 2.75) is 13.0 Å². The van der Waals surface area contributed by atoms with E-state index in [4.69, 9.17) is 25.8 Å². The Balaban J connectivity index is 1.75. The Labute approximate surface area is 176 Å². The Kier molecular flexibility index (Phi) is 7.75. The number of hydrogen-bond donors (Lipinski definition) is 1. The van der Waals surface area contributed by atoms with Crippen LogP contribution in [0.15, 0.2) is 42.5 Å². The second kappa shape index (κ2) is 10.5. The van der Waals surface area contributed by atoms with Gasteiger partial charge < -0.3 is 19.5 Å². The van der Waals surface area contributed by atoms with Crippen LogP contribution in [0.3, 0.4) is 0 Å². The minimum absolute atomic E-state index is 0.0267. The van der Waals surface area contributed by atoms with Gasteiger partial charge in [-0.3, -0.25) is 9.69 Å². The zero-order valence-electron chi connectivity index (χ0n) is 16.8. The number of benzene rings is 2. The molecule has 1 N–H and O–H groups in total. The molecule has 0 spiro atoms. The Hall–Kier alpha value is -2.28. The largest absolute Gasteiger partial charge is 0.493 e. The highest BCUT2D eigenvalue weighted by Gasteiger charge is 2.25. The van der Waals surface area contributed by atoms with Gasteiger partial charge in [-0.2, -0.15) is 0 Å². The zero-order valence-corrected chi connectivity index (χ0v) is 17.6. The molecule has 0 bridgehead atoms. The van der Waals surface area contributed by atoms with E-state index in [1.54, 1.807) is 25.3 Å². The summed E-state index contributed by atoms with van der Waals surface area (Å²) < 4.78 is 16.4. The fraction of sp³-hybridized carbons (Fsp3) is 0.409. The molecule has 1 fully saturated rings. The van der Waals surface area contributed by atoms with Crippen LogP contribution in [0.1, 0.15) is 28.9 Å². The third kappa shape index (κ3) is 5.41. The molecule has 3 rings (SSSR count). The Morgan fingerprint density at radius 3 is 2.66 bits per heavy atom. The lowest BCUT2D eigenvalue weighted by molar-refractivity contribution is 0.0162. The molecule has 1 amide bonds. The number of carbonyl (C=O) groups is 1.